The molecule has 0 amide bonds. The molecule has 0 bridgehead atoms. The first kappa shape index (κ1) is 12.4. The minimum Gasteiger partial charge on any atom is -0.392 e. The number of aromatic nitrogens is 1. The number of hydrogen-bond donors (Lipinski definition) is 1. The highest BCUT2D eigenvalue weighted by Gasteiger charge is 2.24. The van der Waals surface area contributed by atoms with E-state index >= 15 is 0 Å². The summed E-state index contributed by atoms with van der Waals surface area (Å²) in [6.45, 7) is 6.46. The molecule has 1 saturated carbocycles. The number of pyridine rings is 1. The van der Waals surface area contributed by atoms with Crippen molar-refractivity contribution >= 4 is 5.82 Å². The fourth-order valence-electron chi connectivity index (χ4n) is 2.10. The number of rotatable bonds is 6. The molecule has 0 radical (unpaired) electrons. The molecule has 1 heterocycles. The van der Waals surface area contributed by atoms with Gasteiger partial charge >= 0.3 is 0 Å². The fraction of sp³-hybridized carbons (Fsp3) is 0.643. The van der Waals surface area contributed by atoms with Gasteiger partial charge in [0.2, 0.25) is 0 Å². The normalized spacial score (nSPS) is 15.0. The molecule has 1 aromatic rings. The van der Waals surface area contributed by atoms with Crippen LogP contribution in [0.1, 0.15) is 37.4 Å². The Bertz CT molecular complexity index is 374. The van der Waals surface area contributed by atoms with Crippen molar-refractivity contribution in [1.29, 1.82) is 0 Å². The van der Waals surface area contributed by atoms with E-state index in [4.69, 9.17) is 5.11 Å². The molecule has 2 rings (SSSR count). The minimum absolute atomic E-state index is 0.0789. The topological polar surface area (TPSA) is 36.4 Å². The van der Waals surface area contributed by atoms with Crippen molar-refractivity contribution in [1.82, 2.24) is 4.98 Å². The first-order valence-corrected chi connectivity index (χ1v) is 6.57. The third-order valence-electron chi connectivity index (χ3n) is 3.34. The van der Waals surface area contributed by atoms with Crippen LogP contribution in [0, 0.1) is 12.8 Å². The Morgan fingerprint density at radius 1 is 1.41 bits per heavy atom. The Labute approximate surface area is 103 Å². The Morgan fingerprint density at radius 3 is 2.71 bits per heavy atom. The lowest BCUT2D eigenvalue weighted by Gasteiger charge is -2.23. The van der Waals surface area contributed by atoms with Crippen LogP contribution in [0.5, 0.6) is 0 Å². The van der Waals surface area contributed by atoms with Crippen LogP contribution in [0.2, 0.25) is 0 Å². The molecule has 1 aromatic heterocycles. The van der Waals surface area contributed by atoms with E-state index < -0.39 is 0 Å². The SMILES string of the molecule is CCCN(CC1CC1)c1ccc(CO)c(C)n1. The molecular weight excluding hydrogens is 212 g/mol. The average Bonchev–Trinajstić information content (AvgIpc) is 3.12. The first-order chi connectivity index (χ1) is 8.24. The number of aliphatic hydroxyl groups is 1. The van der Waals surface area contributed by atoms with Gasteiger partial charge in [-0.25, -0.2) is 4.98 Å². The molecule has 17 heavy (non-hydrogen) atoms. The van der Waals surface area contributed by atoms with Crippen LogP contribution in [-0.4, -0.2) is 23.2 Å². The van der Waals surface area contributed by atoms with E-state index in [0.717, 1.165) is 42.5 Å². The average molecular weight is 234 g/mol. The van der Waals surface area contributed by atoms with Gasteiger partial charge < -0.3 is 10.0 Å². The van der Waals surface area contributed by atoms with Gasteiger partial charge in [0.15, 0.2) is 0 Å². The highest BCUT2D eigenvalue weighted by molar-refractivity contribution is 5.41. The monoisotopic (exact) mass is 234 g/mol. The largest absolute Gasteiger partial charge is 0.392 e. The summed E-state index contributed by atoms with van der Waals surface area (Å²) < 4.78 is 0. The maximum absolute atomic E-state index is 9.15. The van der Waals surface area contributed by atoms with Crippen LogP contribution in [-0.2, 0) is 6.61 Å². The molecule has 94 valence electrons. The molecule has 3 nitrogen and oxygen atoms in total. The minimum atomic E-state index is 0.0789. The van der Waals surface area contributed by atoms with Gasteiger partial charge in [-0.3, -0.25) is 0 Å². The van der Waals surface area contributed by atoms with Crippen LogP contribution in [0.25, 0.3) is 0 Å². The Kier molecular flexibility index (Phi) is 4.00. The zero-order valence-corrected chi connectivity index (χ0v) is 10.8. The maximum atomic E-state index is 9.15. The summed E-state index contributed by atoms with van der Waals surface area (Å²) in [7, 11) is 0. The van der Waals surface area contributed by atoms with Crippen molar-refractivity contribution < 1.29 is 5.11 Å². The lowest BCUT2D eigenvalue weighted by molar-refractivity contribution is 0.280. The molecule has 0 unspecified atom stereocenters. The van der Waals surface area contributed by atoms with Gasteiger partial charge in [-0.2, -0.15) is 0 Å². The molecule has 1 aliphatic rings. The van der Waals surface area contributed by atoms with Crippen LogP contribution < -0.4 is 4.90 Å². The van der Waals surface area contributed by atoms with E-state index in [0.29, 0.717) is 0 Å². The number of aryl methyl sites for hydroxylation is 1. The van der Waals surface area contributed by atoms with Gasteiger partial charge in [0, 0.05) is 18.8 Å². The molecule has 1 aliphatic carbocycles. The zero-order chi connectivity index (χ0) is 12.3. The fourth-order valence-corrected chi connectivity index (χ4v) is 2.10. The van der Waals surface area contributed by atoms with Gasteiger partial charge in [-0.15, -0.1) is 0 Å². The third kappa shape index (κ3) is 3.19. The van der Waals surface area contributed by atoms with E-state index in [-0.39, 0.29) is 6.61 Å². The van der Waals surface area contributed by atoms with Crippen molar-refractivity contribution in [2.45, 2.75) is 39.7 Å². The summed E-state index contributed by atoms with van der Waals surface area (Å²) in [5, 5.41) is 9.15. The quantitative estimate of drug-likeness (QED) is 0.821. The van der Waals surface area contributed by atoms with Crippen LogP contribution in [0.15, 0.2) is 12.1 Å². The molecule has 1 N–H and O–H groups in total. The molecule has 0 atom stereocenters. The van der Waals surface area contributed by atoms with Crippen molar-refractivity contribution in [3.05, 3.63) is 23.4 Å². The van der Waals surface area contributed by atoms with Gasteiger partial charge in [-0.1, -0.05) is 13.0 Å². The molecule has 0 aromatic carbocycles. The summed E-state index contributed by atoms with van der Waals surface area (Å²) in [5.41, 5.74) is 1.87. The van der Waals surface area contributed by atoms with E-state index in [9.17, 15) is 0 Å². The van der Waals surface area contributed by atoms with Gasteiger partial charge in [-0.05, 0) is 43.7 Å². The van der Waals surface area contributed by atoms with Gasteiger partial charge in [0.05, 0.1) is 6.61 Å². The Balaban J connectivity index is 2.13. The summed E-state index contributed by atoms with van der Waals surface area (Å²) in [6.07, 6.45) is 3.89. The maximum Gasteiger partial charge on any atom is 0.128 e. The van der Waals surface area contributed by atoms with Crippen LogP contribution >= 0.6 is 0 Å². The number of anilines is 1. The molecule has 0 saturated heterocycles. The number of nitrogens with zero attached hydrogens (tertiary/aromatic N) is 2. The molecule has 3 heteroatoms. The summed E-state index contributed by atoms with van der Waals surface area (Å²) in [5.74, 6) is 1.94. The molecule has 0 aliphatic heterocycles. The van der Waals surface area contributed by atoms with E-state index in [1.165, 1.54) is 12.8 Å². The first-order valence-electron chi connectivity index (χ1n) is 6.57. The predicted octanol–water partition coefficient (Wildman–Crippen LogP) is 2.51. The van der Waals surface area contributed by atoms with Gasteiger partial charge in [0.25, 0.3) is 0 Å². The lowest BCUT2D eigenvalue weighted by atomic mass is 10.2. The lowest BCUT2D eigenvalue weighted by Crippen LogP contribution is -2.27. The summed E-state index contributed by atoms with van der Waals surface area (Å²) >= 11 is 0. The Morgan fingerprint density at radius 2 is 2.18 bits per heavy atom. The predicted molar refractivity (Wildman–Crippen MR) is 70.1 cm³/mol. The van der Waals surface area contributed by atoms with Crippen molar-refractivity contribution in [2.24, 2.45) is 5.92 Å². The molecular formula is C14H22N2O. The van der Waals surface area contributed by atoms with Gasteiger partial charge in [0.1, 0.15) is 5.82 Å². The Hall–Kier alpha value is -1.09. The number of hydrogen-bond acceptors (Lipinski definition) is 3. The summed E-state index contributed by atoms with van der Waals surface area (Å²) in [6, 6.07) is 4.03. The molecule has 0 spiro atoms. The van der Waals surface area contributed by atoms with Crippen LogP contribution in [0.4, 0.5) is 5.82 Å². The second-order valence-corrected chi connectivity index (χ2v) is 4.96. The third-order valence-corrected chi connectivity index (χ3v) is 3.34. The highest BCUT2D eigenvalue weighted by atomic mass is 16.3. The molecule has 1 fully saturated rings. The standard InChI is InChI=1S/C14H22N2O/c1-3-8-16(9-12-4-5-12)14-7-6-13(10-17)11(2)15-14/h6-7,12,17H,3-5,8-10H2,1-2H3. The zero-order valence-electron chi connectivity index (χ0n) is 10.8. The van der Waals surface area contributed by atoms with E-state index in [2.05, 4.69) is 16.8 Å². The number of aliphatic hydroxyl groups excluding tert-OH is 1. The second kappa shape index (κ2) is 5.50. The van der Waals surface area contributed by atoms with E-state index in [1.807, 2.05) is 19.1 Å². The van der Waals surface area contributed by atoms with Crippen molar-refractivity contribution in [3.8, 4) is 0 Å². The van der Waals surface area contributed by atoms with Crippen molar-refractivity contribution in [2.75, 3.05) is 18.0 Å². The van der Waals surface area contributed by atoms with Crippen molar-refractivity contribution in [3.63, 3.8) is 0 Å². The summed E-state index contributed by atoms with van der Waals surface area (Å²) in [4.78, 5) is 6.99. The second-order valence-electron chi connectivity index (χ2n) is 4.96. The smallest absolute Gasteiger partial charge is 0.128 e. The van der Waals surface area contributed by atoms with Crippen LogP contribution in [0.3, 0.4) is 0 Å². The highest BCUT2D eigenvalue weighted by Crippen LogP contribution is 2.31. The van der Waals surface area contributed by atoms with E-state index in [1.54, 1.807) is 0 Å².